The number of rotatable bonds is 2. The van der Waals surface area contributed by atoms with E-state index >= 15 is 0 Å². The Balaban J connectivity index is 1.56. The van der Waals surface area contributed by atoms with Gasteiger partial charge in [-0.2, -0.15) is 0 Å². The Morgan fingerprint density at radius 2 is 2.00 bits per heavy atom. The number of hydrogen-bond donors (Lipinski definition) is 0. The second-order valence-corrected chi connectivity index (χ2v) is 7.44. The molecule has 2 bridgehead atoms. The number of hydrogen-bond acceptors (Lipinski definition) is 3. The molecule has 1 spiro atoms. The van der Waals surface area contributed by atoms with Gasteiger partial charge in [0, 0.05) is 12.3 Å². The van der Waals surface area contributed by atoms with Crippen molar-refractivity contribution in [3.05, 3.63) is 29.8 Å². The highest BCUT2D eigenvalue weighted by atomic mass is 16.7. The van der Waals surface area contributed by atoms with E-state index in [0.29, 0.717) is 11.3 Å². The Labute approximate surface area is 126 Å². The predicted octanol–water partition coefficient (Wildman–Crippen LogP) is 4.01. The third kappa shape index (κ3) is 1.76. The van der Waals surface area contributed by atoms with Crippen LogP contribution in [0.25, 0.3) is 0 Å². The molecule has 0 aromatic heterocycles. The molecular formula is C18H23NO2. The highest BCUT2D eigenvalue weighted by Gasteiger charge is 2.64. The van der Waals surface area contributed by atoms with Gasteiger partial charge in [-0.25, -0.2) is 0 Å². The summed E-state index contributed by atoms with van der Waals surface area (Å²) in [5.41, 5.74) is 2.64. The fraction of sp³-hybridized carbons (Fsp3) is 0.611. The zero-order valence-corrected chi connectivity index (χ0v) is 13.1. The highest BCUT2D eigenvalue weighted by molar-refractivity contribution is 6.01. The van der Waals surface area contributed by atoms with Gasteiger partial charge in [-0.1, -0.05) is 19.0 Å². The maximum Gasteiger partial charge on any atom is 0.146 e. The SMILES string of the molecule is COc1ccc(C2=NOC3(CC[C@H]4C[C@@H]3C4(C)C)C2)cc1. The van der Waals surface area contributed by atoms with E-state index in [1.807, 2.05) is 12.1 Å². The molecule has 0 N–H and O–H groups in total. The summed E-state index contributed by atoms with van der Waals surface area (Å²) in [5, 5.41) is 4.45. The average molecular weight is 285 g/mol. The third-order valence-corrected chi connectivity index (χ3v) is 6.25. The lowest BCUT2D eigenvalue weighted by Gasteiger charge is -2.62. The van der Waals surface area contributed by atoms with Crippen molar-refractivity contribution in [2.24, 2.45) is 22.4 Å². The molecule has 3 saturated carbocycles. The quantitative estimate of drug-likeness (QED) is 0.822. The van der Waals surface area contributed by atoms with E-state index in [1.165, 1.54) is 12.8 Å². The molecule has 1 aromatic rings. The lowest BCUT2D eigenvalue weighted by atomic mass is 9.43. The van der Waals surface area contributed by atoms with Gasteiger partial charge in [-0.15, -0.1) is 0 Å². The Kier molecular flexibility index (Phi) is 2.66. The number of nitrogens with zero attached hydrogens (tertiary/aromatic N) is 1. The molecule has 4 aliphatic rings. The smallest absolute Gasteiger partial charge is 0.146 e. The first-order valence-electron chi connectivity index (χ1n) is 7.95. The minimum Gasteiger partial charge on any atom is -0.497 e. The summed E-state index contributed by atoms with van der Waals surface area (Å²) < 4.78 is 5.22. The Hall–Kier alpha value is -1.51. The van der Waals surface area contributed by atoms with Crippen molar-refractivity contribution in [1.29, 1.82) is 0 Å². The van der Waals surface area contributed by atoms with E-state index in [1.54, 1.807) is 7.11 Å². The molecule has 1 heterocycles. The molecule has 0 amide bonds. The first-order chi connectivity index (χ1) is 10.0. The first-order valence-corrected chi connectivity index (χ1v) is 7.95. The lowest BCUT2D eigenvalue weighted by Crippen LogP contribution is -2.61. The molecule has 0 saturated heterocycles. The molecule has 5 rings (SSSR count). The number of benzene rings is 1. The molecule has 1 unspecified atom stereocenters. The second kappa shape index (κ2) is 4.25. The van der Waals surface area contributed by atoms with Crippen molar-refractivity contribution in [2.75, 3.05) is 7.11 Å². The fourth-order valence-corrected chi connectivity index (χ4v) is 4.74. The van der Waals surface area contributed by atoms with Gasteiger partial charge in [-0.05, 0) is 60.4 Å². The van der Waals surface area contributed by atoms with E-state index in [9.17, 15) is 0 Å². The van der Waals surface area contributed by atoms with E-state index in [0.717, 1.165) is 35.8 Å². The number of oxime groups is 1. The van der Waals surface area contributed by atoms with Crippen LogP contribution in [0.3, 0.4) is 0 Å². The topological polar surface area (TPSA) is 30.8 Å². The third-order valence-electron chi connectivity index (χ3n) is 6.25. The van der Waals surface area contributed by atoms with Crippen LogP contribution in [0.5, 0.6) is 5.75 Å². The summed E-state index contributed by atoms with van der Waals surface area (Å²) in [5.74, 6) is 2.43. The van der Waals surface area contributed by atoms with Crippen LogP contribution in [0.4, 0.5) is 0 Å². The Morgan fingerprint density at radius 1 is 1.24 bits per heavy atom. The predicted molar refractivity (Wildman–Crippen MR) is 82.6 cm³/mol. The summed E-state index contributed by atoms with van der Waals surface area (Å²) in [6.45, 7) is 4.81. The van der Waals surface area contributed by atoms with Crippen LogP contribution in [0.1, 0.15) is 45.1 Å². The van der Waals surface area contributed by atoms with Gasteiger partial charge < -0.3 is 9.57 Å². The minimum atomic E-state index is -0.0342. The highest BCUT2D eigenvalue weighted by Crippen LogP contribution is 2.65. The molecule has 21 heavy (non-hydrogen) atoms. The fourth-order valence-electron chi connectivity index (χ4n) is 4.74. The van der Waals surface area contributed by atoms with Crippen LogP contribution in [-0.4, -0.2) is 18.4 Å². The molecule has 3 atom stereocenters. The molecule has 3 nitrogen and oxygen atoms in total. The minimum absolute atomic E-state index is 0.0342. The molecule has 0 radical (unpaired) electrons. The number of methoxy groups -OCH3 is 1. The van der Waals surface area contributed by atoms with Crippen molar-refractivity contribution >= 4 is 5.71 Å². The van der Waals surface area contributed by atoms with E-state index in [-0.39, 0.29) is 5.60 Å². The molecule has 3 heteroatoms. The molecule has 112 valence electrons. The average Bonchev–Trinajstić information content (AvgIpc) is 2.90. The van der Waals surface area contributed by atoms with Crippen LogP contribution in [-0.2, 0) is 4.84 Å². The summed E-state index contributed by atoms with van der Waals surface area (Å²) in [7, 11) is 1.69. The van der Waals surface area contributed by atoms with Gasteiger partial charge in [-0.3, -0.25) is 0 Å². The molecule has 1 aliphatic heterocycles. The van der Waals surface area contributed by atoms with Crippen molar-refractivity contribution in [3.63, 3.8) is 0 Å². The molecule has 3 aliphatic carbocycles. The van der Waals surface area contributed by atoms with Gasteiger partial charge in [0.1, 0.15) is 11.4 Å². The Morgan fingerprint density at radius 3 is 2.62 bits per heavy atom. The van der Waals surface area contributed by atoms with Crippen molar-refractivity contribution in [1.82, 2.24) is 0 Å². The Bertz CT molecular complexity index is 588. The van der Waals surface area contributed by atoms with Crippen molar-refractivity contribution < 1.29 is 9.57 Å². The van der Waals surface area contributed by atoms with Crippen molar-refractivity contribution in [2.45, 2.75) is 45.1 Å². The summed E-state index contributed by atoms with van der Waals surface area (Å²) >= 11 is 0. The maximum absolute atomic E-state index is 6.05. The van der Waals surface area contributed by atoms with Crippen LogP contribution < -0.4 is 4.74 Å². The van der Waals surface area contributed by atoms with Crippen molar-refractivity contribution in [3.8, 4) is 5.75 Å². The van der Waals surface area contributed by atoms with E-state index in [4.69, 9.17) is 9.57 Å². The summed E-state index contributed by atoms with van der Waals surface area (Å²) in [4.78, 5) is 6.05. The first kappa shape index (κ1) is 13.2. The van der Waals surface area contributed by atoms with Gasteiger partial charge >= 0.3 is 0 Å². The van der Waals surface area contributed by atoms with Gasteiger partial charge in [0.15, 0.2) is 0 Å². The van der Waals surface area contributed by atoms with Crippen LogP contribution in [0.15, 0.2) is 29.4 Å². The van der Waals surface area contributed by atoms with Gasteiger partial charge in [0.05, 0.1) is 12.8 Å². The molecular weight excluding hydrogens is 262 g/mol. The number of fused-ring (bicyclic) bond motifs is 1. The largest absolute Gasteiger partial charge is 0.497 e. The second-order valence-electron chi connectivity index (χ2n) is 7.44. The van der Waals surface area contributed by atoms with Crippen LogP contribution >= 0.6 is 0 Å². The normalized spacial score (nSPS) is 35.9. The van der Waals surface area contributed by atoms with Crippen LogP contribution in [0.2, 0.25) is 0 Å². The lowest BCUT2D eigenvalue weighted by molar-refractivity contribution is -0.214. The monoisotopic (exact) mass is 285 g/mol. The zero-order chi connectivity index (χ0) is 14.7. The number of ether oxygens (including phenoxy) is 1. The molecule has 1 aromatic carbocycles. The van der Waals surface area contributed by atoms with Gasteiger partial charge in [0.2, 0.25) is 0 Å². The zero-order valence-electron chi connectivity index (χ0n) is 13.1. The molecule has 3 fully saturated rings. The summed E-state index contributed by atoms with van der Waals surface area (Å²) in [6.07, 6.45) is 4.72. The summed E-state index contributed by atoms with van der Waals surface area (Å²) in [6, 6.07) is 8.15. The standard InChI is InChI=1S/C18H23NO2/c1-17(2)13-8-9-18(16(17)10-13)11-15(19-21-18)12-4-6-14(20-3)7-5-12/h4-7,13,16H,8-11H2,1-3H3/t13-,16+,18?/m0/s1. The van der Waals surface area contributed by atoms with E-state index < -0.39 is 0 Å². The van der Waals surface area contributed by atoms with Crippen LogP contribution in [0, 0.1) is 17.3 Å². The maximum atomic E-state index is 6.05. The van der Waals surface area contributed by atoms with Gasteiger partial charge in [0.25, 0.3) is 0 Å². The van der Waals surface area contributed by atoms with E-state index in [2.05, 4.69) is 31.1 Å².